The Morgan fingerprint density at radius 1 is 0.397 bits per heavy atom. The van der Waals surface area contributed by atoms with Crippen LogP contribution in [0.4, 0.5) is 30.2 Å². The van der Waals surface area contributed by atoms with Crippen molar-refractivity contribution in [3.05, 3.63) is 267 Å². The summed E-state index contributed by atoms with van der Waals surface area (Å²) < 4.78 is 82.4. The maximum Gasteiger partial charge on any atom is 0.337 e. The zero-order valence-corrected chi connectivity index (χ0v) is 85.5. The Morgan fingerprint density at radius 2 is 0.702 bits per heavy atom. The summed E-state index contributed by atoms with van der Waals surface area (Å²) in [6.45, 7) is 48.8. The van der Waals surface area contributed by atoms with Crippen LogP contribution in [-0.2, 0) is 67.5 Å². The largest absolute Gasteiger partial charge is 0.493 e. The van der Waals surface area contributed by atoms with Crippen LogP contribution in [0.15, 0.2) is 165 Å². The van der Waals surface area contributed by atoms with E-state index < -0.39 is 53.0 Å². The van der Waals surface area contributed by atoms with Gasteiger partial charge in [0.25, 0.3) is 0 Å². The molecule has 0 aliphatic carbocycles. The van der Waals surface area contributed by atoms with Gasteiger partial charge >= 0.3 is 17.9 Å². The first-order valence-corrected chi connectivity index (χ1v) is 48.7. The third-order valence-corrected chi connectivity index (χ3v) is 25.9. The summed E-state index contributed by atoms with van der Waals surface area (Å²) in [5.41, 5.74) is 15.0. The normalized spacial score (nSPS) is 15.4. The lowest BCUT2D eigenvalue weighted by atomic mass is 9.81. The Morgan fingerprint density at radius 3 is 0.965 bits per heavy atom. The minimum Gasteiger partial charge on any atom is -0.493 e. The van der Waals surface area contributed by atoms with Crippen molar-refractivity contribution in [2.24, 2.45) is 16.2 Å². The number of benzene rings is 6. The molecule has 0 amide bonds. The highest BCUT2D eigenvalue weighted by molar-refractivity contribution is 5.91. The van der Waals surface area contributed by atoms with E-state index in [9.17, 15) is 42.9 Å². The lowest BCUT2D eigenvalue weighted by Gasteiger charge is -2.41. The quantitative estimate of drug-likeness (QED) is 0.0344. The number of carbonyl (C=O) groups is 3. The molecular formula is C111H138F3N15O12. The maximum absolute atomic E-state index is 13.3. The first kappa shape index (κ1) is 105. The van der Waals surface area contributed by atoms with Crippen LogP contribution >= 0.6 is 0 Å². The number of rotatable bonds is 33. The Bertz CT molecular complexity index is 6000. The third kappa shape index (κ3) is 28.3. The Balaban J connectivity index is 0.000000178. The highest BCUT2D eigenvalue weighted by atomic mass is 19.1. The fraction of sp³-hybridized carbons (Fsp3) is 0.459. The van der Waals surface area contributed by atoms with Crippen LogP contribution in [0.1, 0.15) is 246 Å². The number of piperidine rings is 3. The van der Waals surface area contributed by atoms with Crippen molar-refractivity contribution in [3.63, 3.8) is 0 Å². The van der Waals surface area contributed by atoms with Gasteiger partial charge in [-0.3, -0.25) is 15.0 Å². The zero-order chi connectivity index (χ0) is 102. The molecule has 3 fully saturated rings. The average Bonchev–Trinajstić information content (AvgIpc) is 1.60. The van der Waals surface area contributed by atoms with Crippen LogP contribution in [0.3, 0.4) is 0 Å². The summed E-state index contributed by atoms with van der Waals surface area (Å²) in [6, 6.07) is 42.8. The molecule has 0 unspecified atom stereocenters. The van der Waals surface area contributed by atoms with E-state index in [1.54, 1.807) is 58.4 Å². The van der Waals surface area contributed by atoms with E-state index in [-0.39, 0.29) is 33.7 Å². The number of carboxylic acids is 3. The molecule has 0 spiro atoms. The SMILES string of the molecule is Cc1nc(Cn2cnnc2C)c(-c2ccc(OCCc3ccc(F)cc3)cc2)c(N2CCC(C)(C)CC2)c1[C@H](OC(C)(C)C)C(=O)O.Cc1nc(Cn2ncnc2C)c(-c2ccc(OCCc3ccc(F)cc3)cc2)c(N2CCC(C)(C)CC2)c1[C@H](OC(C)(C)C)C(=O)O.Cc1ncn(Cc2nc(C)c([C@H](OC(C)(C)C)C(=O)O)c(N3CCC(C)(C)CC3)c2-c2ccc(OCCc3ccc(F)cc3)cc2)n1. The Labute approximate surface area is 826 Å². The molecule has 750 valence electrons. The van der Waals surface area contributed by atoms with Gasteiger partial charge in [0.2, 0.25) is 0 Å². The molecule has 3 aliphatic rings. The molecule has 0 bridgehead atoms. The second kappa shape index (κ2) is 44.9. The van der Waals surface area contributed by atoms with Gasteiger partial charge in [0, 0.05) is 109 Å². The topological polar surface area (TPSA) is 308 Å². The highest BCUT2D eigenvalue weighted by Crippen LogP contribution is 2.51. The smallest absolute Gasteiger partial charge is 0.337 e. The van der Waals surface area contributed by atoms with Crippen molar-refractivity contribution in [2.75, 3.05) is 73.8 Å². The number of aryl methyl sites for hydroxylation is 6. The van der Waals surface area contributed by atoms with Crippen molar-refractivity contribution in [2.45, 2.75) is 258 Å². The van der Waals surface area contributed by atoms with E-state index >= 15 is 0 Å². The lowest BCUT2D eigenvalue weighted by Crippen LogP contribution is -2.39. The summed E-state index contributed by atoms with van der Waals surface area (Å²) in [5.74, 6) is 0.323. The van der Waals surface area contributed by atoms with Gasteiger partial charge in [-0.05, 0) is 265 Å². The molecule has 0 saturated carbocycles. The van der Waals surface area contributed by atoms with E-state index in [2.05, 4.69) is 86.6 Å². The Kier molecular flexibility index (Phi) is 33.6. The first-order chi connectivity index (χ1) is 66.6. The number of aliphatic carboxylic acids is 3. The van der Waals surface area contributed by atoms with E-state index in [1.807, 2.05) is 181 Å². The molecular weight excluding hydrogens is 1790 g/mol. The molecule has 15 rings (SSSR count). The fourth-order valence-corrected chi connectivity index (χ4v) is 18.1. The lowest BCUT2D eigenvalue weighted by molar-refractivity contribution is -0.161. The second-order valence-corrected chi connectivity index (χ2v) is 42.4. The zero-order valence-electron chi connectivity index (χ0n) is 85.5. The predicted molar refractivity (Wildman–Crippen MR) is 541 cm³/mol. The number of hydrogen-bond acceptors (Lipinski definition) is 21. The highest BCUT2D eigenvalue weighted by Gasteiger charge is 2.42. The van der Waals surface area contributed by atoms with Crippen LogP contribution < -0.4 is 28.9 Å². The molecule has 27 nitrogen and oxygen atoms in total. The first-order valence-electron chi connectivity index (χ1n) is 48.7. The minimum absolute atomic E-state index is 0.181. The minimum atomic E-state index is -1.22. The number of ether oxygens (including phenoxy) is 6. The van der Waals surface area contributed by atoms with Crippen LogP contribution in [0.2, 0.25) is 0 Å². The van der Waals surface area contributed by atoms with Gasteiger partial charge in [0.05, 0.1) is 90.4 Å². The van der Waals surface area contributed by atoms with Crippen LogP contribution in [0.5, 0.6) is 17.2 Å². The summed E-state index contributed by atoms with van der Waals surface area (Å²) in [6.07, 6.45) is 8.97. The number of nitrogens with zero attached hydrogens (tertiary/aromatic N) is 15. The number of anilines is 3. The fourth-order valence-electron chi connectivity index (χ4n) is 18.1. The second-order valence-electron chi connectivity index (χ2n) is 42.4. The number of aromatic nitrogens is 12. The van der Waals surface area contributed by atoms with Crippen molar-refractivity contribution in [1.29, 1.82) is 0 Å². The standard InChI is InChI=1S/3C37H46FN5O4/c1-24-31(34(35(44)45)47-36(3,4)5)33(42-19-17-37(6,7)18-20-42)32(30(40-24)22-43-23-39-41-25(43)2)27-10-14-29(15-11-27)46-21-16-26-8-12-28(38)13-9-26;1-24-31(34(35(44)45)47-36(3,4)5)33(42-19-17-37(6,7)18-20-42)32(30(40-24)22-43-23-39-25(2)41-43)27-10-14-29(15-11-27)46-21-16-26-8-12-28(38)13-9-26;1-24-31(34(35(44)45)47-36(3,4)5)33(42-19-17-37(6,7)18-20-42)32(30(41-24)22-43-25(2)39-23-40-43)27-10-14-29(15-11-27)46-21-16-26-8-12-28(38)13-9-26/h3*8-15,23,34H,16-22H2,1-7H3,(H,44,45)/t3*34-/m000/s1. The van der Waals surface area contributed by atoms with Crippen molar-refractivity contribution in [1.82, 2.24) is 59.2 Å². The van der Waals surface area contributed by atoms with Gasteiger partial charge in [-0.25, -0.2) is 46.9 Å². The number of pyridine rings is 3. The molecule has 141 heavy (non-hydrogen) atoms. The number of hydrogen-bond donors (Lipinski definition) is 3. The van der Waals surface area contributed by atoms with Gasteiger partial charge in [-0.1, -0.05) is 114 Å². The molecule has 3 saturated heterocycles. The van der Waals surface area contributed by atoms with Crippen molar-refractivity contribution in [3.8, 4) is 50.6 Å². The molecule has 3 N–H and O–H groups in total. The molecule has 9 heterocycles. The summed E-state index contributed by atoms with van der Waals surface area (Å²) >= 11 is 0. The Hall–Kier alpha value is -12.9. The van der Waals surface area contributed by atoms with E-state index in [1.165, 1.54) is 42.7 Å². The summed E-state index contributed by atoms with van der Waals surface area (Å²) in [7, 11) is 0. The summed E-state index contributed by atoms with van der Waals surface area (Å²) in [4.78, 5) is 69.6. The third-order valence-electron chi connectivity index (χ3n) is 25.9. The van der Waals surface area contributed by atoms with Gasteiger partial charge < -0.3 is 63.0 Å². The molecule has 12 aromatic rings. The van der Waals surface area contributed by atoms with Gasteiger partial charge in [0.1, 0.15) is 71.2 Å². The predicted octanol–water partition coefficient (Wildman–Crippen LogP) is 22.0. The van der Waals surface area contributed by atoms with Crippen molar-refractivity contribution < 1.29 is 71.3 Å². The molecule has 3 aliphatic heterocycles. The van der Waals surface area contributed by atoms with Crippen molar-refractivity contribution >= 4 is 35.0 Å². The maximum atomic E-state index is 13.3. The van der Waals surface area contributed by atoms with Crippen LogP contribution in [-0.4, -0.2) is 168 Å². The molecule has 6 aromatic carbocycles. The molecule has 3 atom stereocenters. The van der Waals surface area contributed by atoms with E-state index in [0.29, 0.717) is 116 Å². The van der Waals surface area contributed by atoms with E-state index in [0.717, 1.165) is 174 Å². The van der Waals surface area contributed by atoms with Crippen LogP contribution in [0.25, 0.3) is 33.4 Å². The number of halogens is 3. The molecule has 6 aromatic heterocycles. The van der Waals surface area contributed by atoms with Gasteiger partial charge in [-0.2, -0.15) is 10.2 Å². The number of carboxylic acid groups (broad SMARTS) is 3. The molecule has 30 heteroatoms. The van der Waals surface area contributed by atoms with Gasteiger partial charge in [0.15, 0.2) is 18.3 Å². The summed E-state index contributed by atoms with van der Waals surface area (Å²) in [5, 5.41) is 49.0. The van der Waals surface area contributed by atoms with Gasteiger partial charge in [-0.15, -0.1) is 10.2 Å². The van der Waals surface area contributed by atoms with Crippen LogP contribution in [0, 0.1) is 75.2 Å². The van der Waals surface area contributed by atoms with E-state index in [4.69, 9.17) is 43.4 Å². The monoisotopic (exact) mass is 1930 g/mol. The molecule has 0 radical (unpaired) electrons. The average molecular weight is 1930 g/mol.